The van der Waals surface area contributed by atoms with E-state index in [4.69, 9.17) is 4.74 Å². The molecule has 6 atom stereocenters. The minimum atomic E-state index is -0.955. The third kappa shape index (κ3) is 13.2. The Morgan fingerprint density at radius 1 is 0.983 bits per heavy atom. The smallest absolute Gasteiger partial charge is 0.303 e. The summed E-state index contributed by atoms with van der Waals surface area (Å²) in [5, 5.41) is 17.6. The van der Waals surface area contributed by atoms with Crippen LogP contribution in [0.4, 0.5) is 0 Å². The molecule has 3 aromatic rings. The molecule has 1 aromatic heterocycles. The summed E-state index contributed by atoms with van der Waals surface area (Å²) in [6.07, 6.45) is 4.06. The van der Waals surface area contributed by atoms with Crippen LogP contribution in [0.3, 0.4) is 0 Å². The van der Waals surface area contributed by atoms with Gasteiger partial charge >= 0.3 is 11.9 Å². The number of nitrogens with one attached hydrogen (secondary N) is 2. The normalized spacial score (nSPS) is 17.1. The maximum absolute atomic E-state index is 14.6. The second-order valence-electron chi connectivity index (χ2n) is 16.0. The second kappa shape index (κ2) is 22.5. The number of benzene rings is 2. The van der Waals surface area contributed by atoms with Gasteiger partial charge in [-0.3, -0.25) is 28.9 Å². The standard InChI is InChI=1S/C45H63N5O7S/c1-8-24-50(45(56)41(30(5)9-2)48-43(55)37-17-13-14-25-49(37)7)38(29(3)4)27-39(57-31(6)51)44-47-36(28-58-44)42(54)46-35(22-23-40(52)53)26-32-18-20-34(21-19-32)33-15-11-10-12-16-33/h10-12,15-16,18-21,28-30,35,37-39,41H,8-9,13-14,17,22-27H2,1-7H3,(H,46,54)(H,48,55)(H,52,53)/t30-,35+,37+,38+,39+,41?/m0/s1. The third-order valence-corrected chi connectivity index (χ3v) is 12.1. The largest absolute Gasteiger partial charge is 0.481 e. The van der Waals surface area contributed by atoms with E-state index in [9.17, 15) is 29.1 Å². The average Bonchev–Trinajstić information content (AvgIpc) is 3.70. The zero-order valence-corrected chi connectivity index (χ0v) is 36.1. The molecule has 0 spiro atoms. The highest BCUT2D eigenvalue weighted by Crippen LogP contribution is 2.32. The third-order valence-electron chi connectivity index (χ3n) is 11.1. The quantitative estimate of drug-likeness (QED) is 0.0940. The van der Waals surface area contributed by atoms with Gasteiger partial charge < -0.3 is 25.4 Å². The van der Waals surface area contributed by atoms with E-state index in [1.165, 1.54) is 18.3 Å². The Kier molecular flexibility index (Phi) is 17.9. The fourth-order valence-electron chi connectivity index (χ4n) is 7.65. The Morgan fingerprint density at radius 2 is 1.67 bits per heavy atom. The van der Waals surface area contributed by atoms with Crippen LogP contribution in [0.5, 0.6) is 0 Å². The summed E-state index contributed by atoms with van der Waals surface area (Å²) in [5.41, 5.74) is 3.22. The number of aromatic nitrogens is 1. The average molecular weight is 818 g/mol. The monoisotopic (exact) mass is 817 g/mol. The molecule has 1 fully saturated rings. The first-order chi connectivity index (χ1) is 27.7. The van der Waals surface area contributed by atoms with E-state index < -0.39 is 36.0 Å². The fourth-order valence-corrected chi connectivity index (χ4v) is 8.49. The number of carbonyl (C=O) groups excluding carboxylic acids is 4. The number of rotatable bonds is 21. The van der Waals surface area contributed by atoms with E-state index in [0.29, 0.717) is 30.8 Å². The van der Waals surface area contributed by atoms with E-state index in [1.807, 2.05) is 101 Å². The number of thiazole rings is 1. The number of hydrogen-bond donors (Lipinski definition) is 3. The number of likely N-dealkylation sites (tertiary alicyclic amines) is 1. The van der Waals surface area contributed by atoms with Crippen molar-refractivity contribution in [2.24, 2.45) is 11.8 Å². The molecule has 2 aromatic carbocycles. The van der Waals surface area contributed by atoms with Crippen molar-refractivity contribution in [2.75, 3.05) is 20.1 Å². The van der Waals surface area contributed by atoms with E-state index in [-0.39, 0.29) is 60.7 Å². The van der Waals surface area contributed by atoms with Crippen LogP contribution in [0.15, 0.2) is 60.0 Å². The summed E-state index contributed by atoms with van der Waals surface area (Å²) in [4.78, 5) is 74.5. The molecular formula is C45H63N5O7S. The van der Waals surface area contributed by atoms with Crippen LogP contribution in [-0.2, 0) is 30.3 Å². The van der Waals surface area contributed by atoms with E-state index in [0.717, 1.165) is 42.5 Å². The van der Waals surface area contributed by atoms with Crippen molar-refractivity contribution in [2.45, 2.75) is 130 Å². The van der Waals surface area contributed by atoms with Gasteiger partial charge in [-0.05, 0) is 74.2 Å². The number of hydrogen-bond acceptors (Lipinski definition) is 9. The molecule has 0 saturated carbocycles. The number of aliphatic carboxylic acids is 1. The number of carboxylic acids is 1. The summed E-state index contributed by atoms with van der Waals surface area (Å²) in [7, 11) is 1.95. The van der Waals surface area contributed by atoms with Crippen LogP contribution in [-0.4, -0.2) is 93.9 Å². The maximum Gasteiger partial charge on any atom is 0.303 e. The van der Waals surface area contributed by atoms with Crippen molar-refractivity contribution < 1.29 is 33.8 Å². The minimum absolute atomic E-state index is 0.0502. The van der Waals surface area contributed by atoms with Crippen LogP contribution in [0.2, 0.25) is 0 Å². The minimum Gasteiger partial charge on any atom is -0.481 e. The van der Waals surface area contributed by atoms with Gasteiger partial charge in [-0.15, -0.1) is 11.3 Å². The lowest BCUT2D eigenvalue weighted by Crippen LogP contribution is -2.58. The molecule has 58 heavy (non-hydrogen) atoms. The van der Waals surface area contributed by atoms with Crippen molar-refractivity contribution in [3.8, 4) is 11.1 Å². The van der Waals surface area contributed by atoms with Gasteiger partial charge in [0.15, 0.2) is 6.10 Å². The summed E-state index contributed by atoms with van der Waals surface area (Å²) < 4.78 is 5.87. The summed E-state index contributed by atoms with van der Waals surface area (Å²) in [6.45, 7) is 12.6. The van der Waals surface area contributed by atoms with Gasteiger partial charge in [0.1, 0.15) is 16.7 Å². The van der Waals surface area contributed by atoms with Crippen molar-refractivity contribution in [1.29, 1.82) is 0 Å². The van der Waals surface area contributed by atoms with Crippen molar-refractivity contribution >= 4 is 41.0 Å². The number of piperidine rings is 1. The first-order valence-electron chi connectivity index (χ1n) is 20.8. The lowest BCUT2D eigenvalue weighted by atomic mass is 9.92. The molecule has 0 radical (unpaired) electrons. The Labute approximate surface area is 348 Å². The van der Waals surface area contributed by atoms with Crippen LogP contribution in [0.1, 0.15) is 120 Å². The Balaban J connectivity index is 1.54. The van der Waals surface area contributed by atoms with Gasteiger partial charge in [0.2, 0.25) is 11.8 Å². The first kappa shape index (κ1) is 46.1. The summed E-state index contributed by atoms with van der Waals surface area (Å²) >= 11 is 1.19. The van der Waals surface area contributed by atoms with Crippen molar-refractivity contribution in [3.05, 3.63) is 76.2 Å². The van der Waals surface area contributed by atoms with Crippen LogP contribution in [0.25, 0.3) is 11.1 Å². The second-order valence-corrected chi connectivity index (χ2v) is 16.9. The zero-order chi connectivity index (χ0) is 42.4. The van der Waals surface area contributed by atoms with Gasteiger partial charge in [-0.25, -0.2) is 4.98 Å². The molecule has 1 aliphatic rings. The number of carbonyl (C=O) groups is 5. The SMILES string of the molecule is CCCN(C(=O)C(NC(=O)[C@H]1CCCCN1C)[C@@H](C)CC)[C@H](C[C@@H](OC(C)=O)c1nc(C(=O)N[C@H](CCC(=O)O)Cc2ccc(-c3ccccc3)cc2)cs1)C(C)C. The van der Waals surface area contributed by atoms with E-state index in [1.54, 1.807) is 5.38 Å². The lowest BCUT2D eigenvalue weighted by Gasteiger charge is -2.40. The Morgan fingerprint density at radius 3 is 2.28 bits per heavy atom. The molecule has 1 unspecified atom stereocenters. The molecule has 0 aliphatic carbocycles. The van der Waals surface area contributed by atoms with Crippen molar-refractivity contribution in [3.63, 3.8) is 0 Å². The summed E-state index contributed by atoms with van der Waals surface area (Å²) in [5.74, 6) is -2.39. The molecule has 13 heteroatoms. The van der Waals surface area contributed by atoms with Gasteiger partial charge in [0.25, 0.3) is 5.91 Å². The molecule has 3 amide bonds. The molecular weight excluding hydrogens is 755 g/mol. The number of amides is 3. The van der Waals surface area contributed by atoms with Gasteiger partial charge in [0, 0.05) is 43.8 Å². The predicted molar refractivity (Wildman–Crippen MR) is 227 cm³/mol. The molecule has 0 bridgehead atoms. The van der Waals surface area contributed by atoms with Gasteiger partial charge in [-0.1, -0.05) is 102 Å². The predicted octanol–water partition coefficient (Wildman–Crippen LogP) is 7.29. The highest BCUT2D eigenvalue weighted by molar-refractivity contribution is 7.09. The zero-order valence-electron chi connectivity index (χ0n) is 35.2. The topological polar surface area (TPSA) is 158 Å². The molecule has 1 aliphatic heterocycles. The van der Waals surface area contributed by atoms with Crippen molar-refractivity contribution in [1.82, 2.24) is 25.4 Å². The number of likely N-dealkylation sites (N-methyl/N-ethyl adjacent to an activating group) is 1. The lowest BCUT2D eigenvalue weighted by molar-refractivity contribution is -0.149. The first-order valence-corrected chi connectivity index (χ1v) is 21.7. The number of carboxylic acid groups (broad SMARTS) is 1. The highest BCUT2D eigenvalue weighted by atomic mass is 32.1. The van der Waals surface area contributed by atoms with Gasteiger partial charge in [0.05, 0.1) is 6.04 Å². The molecule has 4 rings (SSSR count). The number of nitrogens with zero attached hydrogens (tertiary/aromatic N) is 3. The maximum atomic E-state index is 14.6. The Hall–Kier alpha value is -4.62. The van der Waals surface area contributed by atoms with Crippen LogP contribution >= 0.6 is 11.3 Å². The van der Waals surface area contributed by atoms with Gasteiger partial charge in [-0.2, -0.15) is 0 Å². The highest BCUT2D eigenvalue weighted by Gasteiger charge is 2.38. The molecule has 3 N–H and O–H groups in total. The Bertz CT molecular complexity index is 1800. The van der Waals surface area contributed by atoms with Crippen LogP contribution < -0.4 is 10.6 Å². The molecule has 316 valence electrons. The van der Waals surface area contributed by atoms with E-state index in [2.05, 4.69) is 20.5 Å². The molecule has 2 heterocycles. The number of ether oxygens (including phenoxy) is 1. The summed E-state index contributed by atoms with van der Waals surface area (Å²) in [6, 6.07) is 16.1. The molecule has 12 nitrogen and oxygen atoms in total. The number of esters is 1. The van der Waals surface area contributed by atoms with Crippen LogP contribution in [0, 0.1) is 11.8 Å². The van der Waals surface area contributed by atoms with E-state index >= 15 is 0 Å². The molecule has 1 saturated heterocycles. The fraction of sp³-hybridized carbons (Fsp3) is 0.556.